The second-order valence-electron chi connectivity index (χ2n) is 5.49. The van der Waals surface area contributed by atoms with Crippen molar-refractivity contribution in [2.24, 2.45) is 0 Å². The molecule has 0 amide bonds. The van der Waals surface area contributed by atoms with Gasteiger partial charge in [0.2, 0.25) is 5.95 Å². The normalized spacial score (nSPS) is 12.2. The third-order valence-corrected chi connectivity index (χ3v) is 4.13. The summed E-state index contributed by atoms with van der Waals surface area (Å²) in [7, 11) is 0. The first kappa shape index (κ1) is 12.9. The Hall–Kier alpha value is -2.81. The van der Waals surface area contributed by atoms with E-state index < -0.39 is 5.95 Å². The molecule has 2 heterocycles. The number of aryl methyl sites for hydroxylation is 1. The van der Waals surface area contributed by atoms with Crippen LogP contribution < -0.4 is 0 Å². The van der Waals surface area contributed by atoms with Crippen LogP contribution in [0, 0.1) is 12.9 Å². The molecule has 1 aliphatic rings. The van der Waals surface area contributed by atoms with Crippen LogP contribution in [-0.2, 0) is 0 Å². The van der Waals surface area contributed by atoms with Gasteiger partial charge in [-0.05, 0) is 52.9 Å². The summed E-state index contributed by atoms with van der Waals surface area (Å²) in [6.07, 6.45) is 5.22. The van der Waals surface area contributed by atoms with E-state index in [2.05, 4.69) is 28.7 Å². The SMILES string of the molecule is C=C1c2cc(-c3cnc(F)c(C)c3)ccc2-c2cnccc21. The monoisotopic (exact) mass is 288 g/mol. The smallest absolute Gasteiger partial charge is 0.215 e. The largest absolute Gasteiger partial charge is 0.264 e. The first-order valence-electron chi connectivity index (χ1n) is 7.06. The molecule has 2 aromatic heterocycles. The minimum absolute atomic E-state index is 0.423. The van der Waals surface area contributed by atoms with Crippen molar-refractivity contribution in [2.75, 3.05) is 0 Å². The predicted molar refractivity (Wildman–Crippen MR) is 85.7 cm³/mol. The lowest BCUT2D eigenvalue weighted by atomic mass is 9.98. The zero-order valence-corrected chi connectivity index (χ0v) is 12.1. The van der Waals surface area contributed by atoms with Gasteiger partial charge >= 0.3 is 0 Å². The summed E-state index contributed by atoms with van der Waals surface area (Å²) in [6.45, 7) is 5.92. The Morgan fingerprint density at radius 3 is 2.59 bits per heavy atom. The van der Waals surface area contributed by atoms with Crippen LogP contribution in [0.3, 0.4) is 0 Å². The molecule has 0 fully saturated rings. The van der Waals surface area contributed by atoms with Gasteiger partial charge in [-0.15, -0.1) is 0 Å². The molecule has 0 atom stereocenters. The van der Waals surface area contributed by atoms with Crippen LogP contribution in [0.15, 0.2) is 55.5 Å². The maximum absolute atomic E-state index is 13.3. The number of halogens is 1. The zero-order valence-electron chi connectivity index (χ0n) is 12.1. The summed E-state index contributed by atoms with van der Waals surface area (Å²) in [5, 5.41) is 0. The van der Waals surface area contributed by atoms with Crippen LogP contribution >= 0.6 is 0 Å². The topological polar surface area (TPSA) is 25.8 Å². The van der Waals surface area contributed by atoms with Crippen molar-refractivity contribution < 1.29 is 4.39 Å². The first-order chi connectivity index (χ1) is 10.6. The number of benzene rings is 1. The molecule has 0 unspecified atom stereocenters. The zero-order chi connectivity index (χ0) is 15.3. The van der Waals surface area contributed by atoms with Gasteiger partial charge in [-0.25, -0.2) is 4.98 Å². The van der Waals surface area contributed by atoms with Crippen molar-refractivity contribution in [1.29, 1.82) is 0 Å². The van der Waals surface area contributed by atoms with Gasteiger partial charge in [-0.2, -0.15) is 4.39 Å². The summed E-state index contributed by atoms with van der Waals surface area (Å²) in [5.41, 5.74) is 7.94. The Bertz CT molecular complexity index is 928. The van der Waals surface area contributed by atoms with Crippen LogP contribution in [0.2, 0.25) is 0 Å². The molecular formula is C19H13FN2. The average molecular weight is 288 g/mol. The predicted octanol–water partition coefficient (Wildman–Crippen LogP) is 4.63. The van der Waals surface area contributed by atoms with E-state index in [1.807, 2.05) is 24.4 Å². The van der Waals surface area contributed by atoms with Gasteiger partial charge in [0.25, 0.3) is 0 Å². The number of hydrogen-bond acceptors (Lipinski definition) is 2. The maximum Gasteiger partial charge on any atom is 0.215 e. The highest BCUT2D eigenvalue weighted by atomic mass is 19.1. The quantitative estimate of drug-likeness (QED) is 0.477. The molecule has 22 heavy (non-hydrogen) atoms. The molecule has 0 saturated heterocycles. The van der Waals surface area contributed by atoms with Gasteiger partial charge in [0, 0.05) is 35.3 Å². The highest BCUT2D eigenvalue weighted by Crippen LogP contribution is 2.44. The van der Waals surface area contributed by atoms with Crippen molar-refractivity contribution in [3.8, 4) is 22.3 Å². The fraction of sp³-hybridized carbons (Fsp3) is 0.0526. The minimum Gasteiger partial charge on any atom is -0.264 e. The first-order valence-corrected chi connectivity index (χ1v) is 7.06. The second kappa shape index (κ2) is 4.60. The second-order valence-corrected chi connectivity index (χ2v) is 5.49. The van der Waals surface area contributed by atoms with E-state index in [0.717, 1.165) is 39.0 Å². The Morgan fingerprint density at radius 2 is 1.77 bits per heavy atom. The van der Waals surface area contributed by atoms with Gasteiger partial charge in [0.15, 0.2) is 0 Å². The molecule has 0 radical (unpaired) electrons. The van der Waals surface area contributed by atoms with Gasteiger partial charge in [0.1, 0.15) is 0 Å². The van der Waals surface area contributed by atoms with Crippen molar-refractivity contribution in [1.82, 2.24) is 9.97 Å². The summed E-state index contributed by atoms with van der Waals surface area (Å²) in [6, 6.07) is 9.99. The van der Waals surface area contributed by atoms with Crippen molar-refractivity contribution in [3.63, 3.8) is 0 Å². The number of rotatable bonds is 1. The fourth-order valence-electron chi connectivity index (χ4n) is 2.94. The van der Waals surface area contributed by atoms with E-state index in [0.29, 0.717) is 5.56 Å². The molecule has 0 saturated carbocycles. The molecule has 0 aliphatic heterocycles. The lowest BCUT2D eigenvalue weighted by molar-refractivity contribution is 0.575. The molecule has 2 nitrogen and oxygen atoms in total. The van der Waals surface area contributed by atoms with E-state index in [4.69, 9.17) is 0 Å². The Kier molecular flexibility index (Phi) is 2.70. The van der Waals surface area contributed by atoms with E-state index in [-0.39, 0.29) is 0 Å². The molecule has 0 bridgehead atoms. The lowest BCUT2D eigenvalue weighted by Crippen LogP contribution is -1.90. The molecule has 1 aliphatic carbocycles. The van der Waals surface area contributed by atoms with Crippen molar-refractivity contribution in [2.45, 2.75) is 6.92 Å². The summed E-state index contributed by atoms with van der Waals surface area (Å²) in [5.74, 6) is -0.423. The molecular weight excluding hydrogens is 275 g/mol. The van der Waals surface area contributed by atoms with Gasteiger partial charge in [0.05, 0.1) is 0 Å². The molecule has 3 aromatic rings. The fourth-order valence-corrected chi connectivity index (χ4v) is 2.94. The van der Waals surface area contributed by atoms with Gasteiger partial charge in [-0.3, -0.25) is 4.98 Å². The van der Waals surface area contributed by atoms with E-state index >= 15 is 0 Å². The molecule has 0 N–H and O–H groups in total. The van der Waals surface area contributed by atoms with Crippen LogP contribution in [0.4, 0.5) is 4.39 Å². The van der Waals surface area contributed by atoms with Crippen LogP contribution in [0.1, 0.15) is 16.7 Å². The van der Waals surface area contributed by atoms with E-state index in [1.54, 1.807) is 19.3 Å². The van der Waals surface area contributed by atoms with E-state index in [1.165, 1.54) is 0 Å². The highest BCUT2D eigenvalue weighted by Gasteiger charge is 2.22. The molecule has 3 heteroatoms. The number of nitrogens with zero attached hydrogens (tertiary/aromatic N) is 2. The van der Waals surface area contributed by atoms with Crippen molar-refractivity contribution >= 4 is 5.57 Å². The summed E-state index contributed by atoms with van der Waals surface area (Å²) in [4.78, 5) is 8.01. The minimum atomic E-state index is -0.423. The Balaban J connectivity index is 1.87. The van der Waals surface area contributed by atoms with Gasteiger partial charge in [-0.1, -0.05) is 18.7 Å². The number of aromatic nitrogens is 2. The highest BCUT2D eigenvalue weighted by molar-refractivity contribution is 6.01. The molecule has 106 valence electrons. The molecule has 0 spiro atoms. The van der Waals surface area contributed by atoms with Crippen LogP contribution in [0.25, 0.3) is 27.8 Å². The van der Waals surface area contributed by atoms with E-state index in [9.17, 15) is 4.39 Å². The third kappa shape index (κ3) is 1.79. The number of fused-ring (bicyclic) bond motifs is 3. The van der Waals surface area contributed by atoms with Gasteiger partial charge < -0.3 is 0 Å². The maximum atomic E-state index is 13.3. The number of hydrogen-bond donors (Lipinski definition) is 0. The summed E-state index contributed by atoms with van der Waals surface area (Å²) >= 11 is 0. The van der Waals surface area contributed by atoms with Crippen molar-refractivity contribution in [3.05, 3.63) is 78.1 Å². The molecule has 4 rings (SSSR count). The average Bonchev–Trinajstić information content (AvgIpc) is 2.83. The van der Waals surface area contributed by atoms with Crippen LogP contribution in [-0.4, -0.2) is 9.97 Å². The summed E-state index contributed by atoms with van der Waals surface area (Å²) < 4.78 is 13.3. The molecule has 1 aromatic carbocycles. The Labute approximate surface area is 128 Å². The third-order valence-electron chi connectivity index (χ3n) is 4.13. The number of pyridine rings is 2. The van der Waals surface area contributed by atoms with Crippen LogP contribution in [0.5, 0.6) is 0 Å². The Morgan fingerprint density at radius 1 is 0.909 bits per heavy atom. The lowest BCUT2D eigenvalue weighted by Gasteiger charge is -2.07. The standard InChI is InChI=1S/C19H13FN2/c1-11-7-14(9-22-19(11)20)13-3-4-16-17(8-13)12(2)15-5-6-21-10-18(15)16/h3-10H,2H2,1H3.